The van der Waals surface area contributed by atoms with E-state index >= 15 is 0 Å². The zero-order valence-electron chi connectivity index (χ0n) is 10.0. The summed E-state index contributed by atoms with van der Waals surface area (Å²) in [6, 6.07) is 9.00. The molecule has 0 N–H and O–H groups in total. The van der Waals surface area contributed by atoms with Crippen LogP contribution in [0.1, 0.15) is 37.8 Å². The smallest absolute Gasteiger partial charge is 0.000960 e. The fourth-order valence-electron chi connectivity index (χ4n) is 2.63. The normalized spacial score (nSPS) is 30.9. The van der Waals surface area contributed by atoms with Gasteiger partial charge in [-0.2, -0.15) is 0 Å². The third-order valence-corrected chi connectivity index (χ3v) is 4.24. The van der Waals surface area contributed by atoms with Crippen molar-refractivity contribution in [3.63, 3.8) is 0 Å². The van der Waals surface area contributed by atoms with Gasteiger partial charge in [-0.15, -0.1) is 0 Å². The van der Waals surface area contributed by atoms with E-state index < -0.39 is 0 Å². The van der Waals surface area contributed by atoms with Crippen LogP contribution >= 0.6 is 0 Å². The fourth-order valence-corrected chi connectivity index (χ4v) is 2.63. The van der Waals surface area contributed by atoms with Gasteiger partial charge in [0.2, 0.25) is 0 Å². The summed E-state index contributed by atoms with van der Waals surface area (Å²) in [5.41, 5.74) is 4.54. The summed E-state index contributed by atoms with van der Waals surface area (Å²) in [5, 5.41) is 0. The van der Waals surface area contributed by atoms with Crippen molar-refractivity contribution in [2.45, 2.75) is 39.0 Å². The number of hydrogen-bond acceptors (Lipinski definition) is 0. The maximum Gasteiger partial charge on any atom is -0.000960 e. The van der Waals surface area contributed by atoms with Crippen LogP contribution in [0.15, 0.2) is 36.4 Å². The first kappa shape index (κ1) is 10.5. The molecule has 80 valence electrons. The van der Waals surface area contributed by atoms with Crippen LogP contribution < -0.4 is 0 Å². The molecule has 0 heterocycles. The van der Waals surface area contributed by atoms with E-state index in [1.54, 1.807) is 0 Å². The van der Waals surface area contributed by atoms with Gasteiger partial charge in [0.1, 0.15) is 0 Å². The minimum absolute atomic E-state index is 0.310. The molecule has 0 bridgehead atoms. The largest absolute Gasteiger partial charge is 0.0996 e. The molecule has 15 heavy (non-hydrogen) atoms. The Morgan fingerprint density at radius 2 is 1.87 bits per heavy atom. The van der Waals surface area contributed by atoms with Gasteiger partial charge in [-0.25, -0.2) is 0 Å². The summed E-state index contributed by atoms with van der Waals surface area (Å²) in [5.74, 6) is 0.611. The number of allylic oxidation sites excluding steroid dienone is 1. The Bertz CT molecular complexity index is 372. The van der Waals surface area contributed by atoms with Crippen LogP contribution in [0.25, 0.3) is 0 Å². The number of rotatable bonds is 1. The maximum absolute atomic E-state index is 4.17. The molecule has 0 unspecified atom stereocenters. The lowest BCUT2D eigenvalue weighted by Gasteiger charge is -2.30. The van der Waals surface area contributed by atoms with Gasteiger partial charge >= 0.3 is 0 Å². The summed E-state index contributed by atoms with van der Waals surface area (Å²) < 4.78 is 0. The Hall–Kier alpha value is -1.04. The standard InChI is InChI=1S/C15H20/c1-11-5-7-14(8-6-11)15(4)10-9-12(2)13(15)3/h5-8,13H,2,9-10H2,1,3-4H3/t13-,15-/m0/s1. The maximum atomic E-state index is 4.17. The first-order chi connectivity index (χ1) is 7.04. The number of benzene rings is 1. The van der Waals surface area contributed by atoms with Gasteiger partial charge in [0.25, 0.3) is 0 Å². The summed E-state index contributed by atoms with van der Waals surface area (Å²) in [4.78, 5) is 0. The molecule has 1 saturated carbocycles. The van der Waals surface area contributed by atoms with Gasteiger partial charge in [0, 0.05) is 0 Å². The van der Waals surface area contributed by atoms with Crippen LogP contribution in [0.2, 0.25) is 0 Å². The van der Waals surface area contributed by atoms with E-state index in [-0.39, 0.29) is 0 Å². The van der Waals surface area contributed by atoms with E-state index in [4.69, 9.17) is 0 Å². The topological polar surface area (TPSA) is 0 Å². The van der Waals surface area contributed by atoms with E-state index in [2.05, 4.69) is 51.6 Å². The van der Waals surface area contributed by atoms with Crippen LogP contribution in [0.5, 0.6) is 0 Å². The molecule has 0 radical (unpaired) electrons. The van der Waals surface area contributed by atoms with Gasteiger partial charge in [-0.05, 0) is 36.7 Å². The average molecular weight is 200 g/mol. The zero-order valence-corrected chi connectivity index (χ0v) is 10.0. The molecule has 0 aromatic heterocycles. The van der Waals surface area contributed by atoms with E-state index in [1.807, 2.05) is 0 Å². The highest BCUT2D eigenvalue weighted by Gasteiger charge is 2.39. The van der Waals surface area contributed by atoms with Crippen molar-refractivity contribution in [2.24, 2.45) is 5.92 Å². The Morgan fingerprint density at radius 3 is 2.33 bits per heavy atom. The summed E-state index contributed by atoms with van der Waals surface area (Å²) in [6.07, 6.45) is 2.43. The van der Waals surface area contributed by atoms with Crippen molar-refractivity contribution >= 4 is 0 Å². The van der Waals surface area contributed by atoms with Gasteiger partial charge in [0.15, 0.2) is 0 Å². The SMILES string of the molecule is C=C1CC[C@](C)(c2ccc(C)cc2)[C@H]1C. The highest BCUT2D eigenvalue weighted by atomic mass is 14.4. The van der Waals surface area contributed by atoms with Crippen LogP contribution in [-0.4, -0.2) is 0 Å². The van der Waals surface area contributed by atoms with Crippen molar-refractivity contribution < 1.29 is 0 Å². The van der Waals surface area contributed by atoms with Crippen LogP contribution in [0.3, 0.4) is 0 Å². The van der Waals surface area contributed by atoms with Gasteiger partial charge in [0.05, 0.1) is 0 Å². The second kappa shape index (κ2) is 3.52. The van der Waals surface area contributed by atoms with E-state index in [1.165, 1.54) is 29.5 Å². The van der Waals surface area contributed by atoms with E-state index in [0.717, 1.165) is 0 Å². The molecule has 1 fully saturated rings. The zero-order chi connectivity index (χ0) is 11.1. The molecule has 0 heteroatoms. The quantitative estimate of drug-likeness (QED) is 0.595. The number of hydrogen-bond donors (Lipinski definition) is 0. The molecule has 0 saturated heterocycles. The van der Waals surface area contributed by atoms with Crippen molar-refractivity contribution in [3.8, 4) is 0 Å². The van der Waals surface area contributed by atoms with Gasteiger partial charge < -0.3 is 0 Å². The van der Waals surface area contributed by atoms with Crippen molar-refractivity contribution in [2.75, 3.05) is 0 Å². The van der Waals surface area contributed by atoms with E-state index in [9.17, 15) is 0 Å². The summed E-state index contributed by atoms with van der Waals surface area (Å²) in [6.45, 7) is 11.0. The molecule has 0 nitrogen and oxygen atoms in total. The monoisotopic (exact) mass is 200 g/mol. The second-order valence-electron chi connectivity index (χ2n) is 5.16. The molecule has 1 aliphatic rings. The minimum atomic E-state index is 0.310. The molecule has 1 aliphatic carbocycles. The van der Waals surface area contributed by atoms with Gasteiger partial charge in [-0.1, -0.05) is 55.8 Å². The summed E-state index contributed by atoms with van der Waals surface area (Å²) >= 11 is 0. The Balaban J connectivity index is 2.38. The Morgan fingerprint density at radius 1 is 1.27 bits per heavy atom. The molecular weight excluding hydrogens is 180 g/mol. The van der Waals surface area contributed by atoms with E-state index in [0.29, 0.717) is 11.3 Å². The second-order valence-corrected chi connectivity index (χ2v) is 5.16. The molecule has 0 spiro atoms. The van der Waals surface area contributed by atoms with Crippen molar-refractivity contribution in [1.29, 1.82) is 0 Å². The molecular formula is C15H20. The molecule has 1 aromatic rings. The Labute approximate surface area is 93.0 Å². The highest BCUT2D eigenvalue weighted by Crippen LogP contribution is 2.47. The van der Waals surface area contributed by atoms with Crippen molar-refractivity contribution in [1.82, 2.24) is 0 Å². The lowest BCUT2D eigenvalue weighted by molar-refractivity contribution is 0.397. The third-order valence-electron chi connectivity index (χ3n) is 4.24. The Kier molecular flexibility index (Phi) is 2.46. The summed E-state index contributed by atoms with van der Waals surface area (Å²) in [7, 11) is 0. The third kappa shape index (κ3) is 1.62. The molecule has 2 rings (SSSR count). The lowest BCUT2D eigenvalue weighted by atomic mass is 9.74. The molecule has 2 atom stereocenters. The van der Waals surface area contributed by atoms with Crippen LogP contribution in [0.4, 0.5) is 0 Å². The first-order valence-electron chi connectivity index (χ1n) is 5.79. The van der Waals surface area contributed by atoms with Crippen molar-refractivity contribution in [3.05, 3.63) is 47.5 Å². The molecule has 1 aromatic carbocycles. The fraction of sp³-hybridized carbons (Fsp3) is 0.467. The molecule has 0 amide bonds. The predicted molar refractivity (Wildman–Crippen MR) is 66.1 cm³/mol. The average Bonchev–Trinajstić information content (AvgIpc) is 2.48. The number of aryl methyl sites for hydroxylation is 1. The van der Waals surface area contributed by atoms with Gasteiger partial charge in [-0.3, -0.25) is 0 Å². The highest BCUT2D eigenvalue weighted by molar-refractivity contribution is 5.33. The van der Waals surface area contributed by atoms with Crippen LogP contribution in [-0.2, 0) is 5.41 Å². The first-order valence-corrected chi connectivity index (χ1v) is 5.79. The predicted octanol–water partition coefficient (Wildman–Crippen LogP) is 4.24. The minimum Gasteiger partial charge on any atom is -0.0996 e. The lowest BCUT2D eigenvalue weighted by Crippen LogP contribution is -2.25. The van der Waals surface area contributed by atoms with Crippen LogP contribution in [0, 0.1) is 12.8 Å². The molecule has 0 aliphatic heterocycles.